The first-order valence-electron chi connectivity index (χ1n) is 5.59. The Morgan fingerprint density at radius 3 is 2.43 bits per heavy atom. The van der Waals surface area contributed by atoms with Crippen LogP contribution in [0.1, 0.15) is 31.7 Å². The van der Waals surface area contributed by atoms with Crippen LogP contribution >= 0.6 is 0 Å². The van der Waals surface area contributed by atoms with Gasteiger partial charge in [-0.2, -0.15) is 0 Å². The summed E-state index contributed by atoms with van der Waals surface area (Å²) in [6, 6.07) is 9.39. The number of benzene rings is 1. The summed E-state index contributed by atoms with van der Waals surface area (Å²) in [5.41, 5.74) is 2.60. The number of hydrogen-bond donors (Lipinski definition) is 1. The predicted octanol–water partition coefficient (Wildman–Crippen LogP) is 3.60. The highest BCUT2D eigenvalue weighted by Crippen LogP contribution is 2.27. The Morgan fingerprint density at radius 1 is 1.14 bits per heavy atom. The predicted molar refractivity (Wildman–Crippen MR) is 61.6 cm³/mol. The molecule has 0 spiro atoms. The molecule has 0 saturated heterocycles. The molecule has 1 N–H and O–H groups in total. The molecule has 0 aromatic heterocycles. The second-order valence-corrected chi connectivity index (χ2v) is 4.53. The Kier molecular flexibility index (Phi) is 2.76. The van der Waals surface area contributed by atoms with Crippen molar-refractivity contribution in [1.82, 2.24) is 0 Å². The van der Waals surface area contributed by atoms with Gasteiger partial charge in [0.2, 0.25) is 0 Å². The van der Waals surface area contributed by atoms with E-state index in [2.05, 4.69) is 43.4 Å². The molecule has 1 aliphatic rings. The Balaban J connectivity index is 2.00. The Bertz CT molecular complexity index is 289. The largest absolute Gasteiger partial charge is 0.382 e. The zero-order valence-electron chi connectivity index (χ0n) is 9.09. The van der Waals surface area contributed by atoms with Crippen LogP contribution in [0.25, 0.3) is 0 Å². The normalized spacial score (nSPS) is 26.4. The van der Waals surface area contributed by atoms with E-state index < -0.39 is 0 Å². The van der Waals surface area contributed by atoms with E-state index in [9.17, 15) is 0 Å². The molecule has 1 aromatic carbocycles. The average Bonchev–Trinajstić information content (AvgIpc) is 2.56. The van der Waals surface area contributed by atoms with E-state index >= 15 is 0 Å². The van der Waals surface area contributed by atoms with E-state index in [4.69, 9.17) is 0 Å². The van der Waals surface area contributed by atoms with Gasteiger partial charge >= 0.3 is 0 Å². The third kappa shape index (κ3) is 2.09. The smallest absolute Gasteiger partial charge is 0.0342 e. The molecule has 1 aromatic rings. The molecule has 1 nitrogen and oxygen atoms in total. The number of hydrogen-bond acceptors (Lipinski definition) is 1. The fourth-order valence-corrected chi connectivity index (χ4v) is 2.22. The molecular formula is C13H19N. The van der Waals surface area contributed by atoms with E-state index in [1.807, 2.05) is 0 Å². The second kappa shape index (κ2) is 4.04. The maximum absolute atomic E-state index is 3.62. The van der Waals surface area contributed by atoms with Gasteiger partial charge in [-0.25, -0.2) is 0 Å². The first kappa shape index (κ1) is 9.57. The van der Waals surface area contributed by atoms with Crippen molar-refractivity contribution in [1.29, 1.82) is 0 Å². The van der Waals surface area contributed by atoms with Crippen molar-refractivity contribution in [2.45, 2.75) is 39.2 Å². The molecule has 14 heavy (non-hydrogen) atoms. The number of rotatable bonds is 2. The highest BCUT2D eigenvalue weighted by molar-refractivity contribution is 5.45. The molecule has 0 heterocycles. The number of aryl methyl sites for hydroxylation is 1. The van der Waals surface area contributed by atoms with E-state index in [0.29, 0.717) is 6.04 Å². The minimum atomic E-state index is 0.692. The lowest BCUT2D eigenvalue weighted by molar-refractivity contribution is 0.556. The summed E-state index contributed by atoms with van der Waals surface area (Å²) < 4.78 is 0. The van der Waals surface area contributed by atoms with Crippen molar-refractivity contribution in [2.75, 3.05) is 5.32 Å². The molecule has 1 saturated carbocycles. The van der Waals surface area contributed by atoms with Crippen LogP contribution < -0.4 is 5.32 Å². The highest BCUT2D eigenvalue weighted by Gasteiger charge is 2.22. The first-order valence-corrected chi connectivity index (χ1v) is 5.59. The van der Waals surface area contributed by atoms with Gasteiger partial charge in [0.15, 0.2) is 0 Å². The van der Waals surface area contributed by atoms with Crippen molar-refractivity contribution < 1.29 is 0 Å². The third-order valence-corrected chi connectivity index (χ3v) is 3.27. The van der Waals surface area contributed by atoms with Crippen molar-refractivity contribution >= 4 is 5.69 Å². The van der Waals surface area contributed by atoms with E-state index in [-0.39, 0.29) is 0 Å². The van der Waals surface area contributed by atoms with Crippen molar-refractivity contribution in [2.24, 2.45) is 5.92 Å². The highest BCUT2D eigenvalue weighted by atomic mass is 14.9. The maximum atomic E-state index is 3.62. The molecule has 0 bridgehead atoms. The summed E-state index contributed by atoms with van der Waals surface area (Å²) in [6.45, 7) is 4.47. The average molecular weight is 189 g/mol. The van der Waals surface area contributed by atoms with E-state index in [0.717, 1.165) is 5.92 Å². The molecule has 0 aliphatic heterocycles. The van der Waals surface area contributed by atoms with Crippen LogP contribution in [0.3, 0.4) is 0 Å². The Hall–Kier alpha value is -0.980. The van der Waals surface area contributed by atoms with Crippen LogP contribution in [-0.2, 0) is 0 Å². The van der Waals surface area contributed by atoms with Crippen LogP contribution in [0.4, 0.5) is 5.69 Å². The van der Waals surface area contributed by atoms with Crippen LogP contribution in [0, 0.1) is 12.8 Å². The molecule has 1 fully saturated rings. The van der Waals surface area contributed by atoms with E-state index in [1.54, 1.807) is 0 Å². The Labute approximate surface area is 86.5 Å². The van der Waals surface area contributed by atoms with Gasteiger partial charge in [-0.15, -0.1) is 0 Å². The summed E-state index contributed by atoms with van der Waals surface area (Å²) >= 11 is 0. The molecule has 2 rings (SSSR count). The lowest BCUT2D eigenvalue weighted by Gasteiger charge is -2.18. The minimum Gasteiger partial charge on any atom is -0.382 e. The van der Waals surface area contributed by atoms with Crippen molar-refractivity contribution in [3.05, 3.63) is 29.8 Å². The van der Waals surface area contributed by atoms with E-state index in [1.165, 1.54) is 30.5 Å². The lowest BCUT2D eigenvalue weighted by Crippen LogP contribution is -2.21. The number of anilines is 1. The fraction of sp³-hybridized carbons (Fsp3) is 0.538. The molecule has 1 aliphatic carbocycles. The maximum Gasteiger partial charge on any atom is 0.0342 e. The van der Waals surface area contributed by atoms with Gasteiger partial charge in [-0.05, 0) is 37.8 Å². The third-order valence-electron chi connectivity index (χ3n) is 3.27. The van der Waals surface area contributed by atoms with Gasteiger partial charge in [0.25, 0.3) is 0 Å². The van der Waals surface area contributed by atoms with Crippen LogP contribution in [-0.4, -0.2) is 6.04 Å². The molecule has 2 atom stereocenters. The zero-order valence-corrected chi connectivity index (χ0v) is 9.09. The monoisotopic (exact) mass is 189 g/mol. The quantitative estimate of drug-likeness (QED) is 0.749. The van der Waals surface area contributed by atoms with Crippen molar-refractivity contribution in [3.8, 4) is 0 Å². The number of nitrogens with one attached hydrogen (secondary N) is 1. The first-order chi connectivity index (χ1) is 6.75. The summed E-state index contributed by atoms with van der Waals surface area (Å²) in [5, 5.41) is 3.62. The fourth-order valence-electron chi connectivity index (χ4n) is 2.22. The van der Waals surface area contributed by atoms with Gasteiger partial charge in [-0.3, -0.25) is 0 Å². The van der Waals surface area contributed by atoms with Crippen LogP contribution in [0.5, 0.6) is 0 Å². The summed E-state index contributed by atoms with van der Waals surface area (Å²) in [5.74, 6) is 0.830. The molecule has 0 radical (unpaired) electrons. The molecular weight excluding hydrogens is 170 g/mol. The topological polar surface area (TPSA) is 12.0 Å². The van der Waals surface area contributed by atoms with Crippen LogP contribution in [0.15, 0.2) is 24.3 Å². The zero-order chi connectivity index (χ0) is 9.97. The lowest BCUT2D eigenvalue weighted by atomic mass is 10.1. The standard InChI is InChI=1S/C13H19N/c1-10-6-8-12(9-7-10)14-13-5-3-4-11(13)2/h6-9,11,13-14H,3-5H2,1-2H3/t11-,13-/m0/s1. The van der Waals surface area contributed by atoms with Gasteiger partial charge in [0.05, 0.1) is 0 Å². The van der Waals surface area contributed by atoms with Crippen molar-refractivity contribution in [3.63, 3.8) is 0 Å². The second-order valence-electron chi connectivity index (χ2n) is 4.53. The van der Waals surface area contributed by atoms with Gasteiger partial charge < -0.3 is 5.32 Å². The van der Waals surface area contributed by atoms with Gasteiger partial charge in [-0.1, -0.05) is 31.0 Å². The SMILES string of the molecule is Cc1ccc(N[C@H]2CCC[C@@H]2C)cc1. The molecule has 0 unspecified atom stereocenters. The minimum absolute atomic E-state index is 0.692. The molecule has 76 valence electrons. The summed E-state index contributed by atoms with van der Waals surface area (Å²) in [7, 11) is 0. The van der Waals surface area contributed by atoms with Gasteiger partial charge in [0.1, 0.15) is 0 Å². The molecule has 1 heteroatoms. The molecule has 0 amide bonds. The summed E-state index contributed by atoms with van der Waals surface area (Å²) in [6.07, 6.45) is 4.09. The van der Waals surface area contributed by atoms with Crippen LogP contribution in [0.2, 0.25) is 0 Å². The Morgan fingerprint density at radius 2 is 1.86 bits per heavy atom. The summed E-state index contributed by atoms with van der Waals surface area (Å²) in [4.78, 5) is 0. The van der Waals surface area contributed by atoms with Gasteiger partial charge in [0, 0.05) is 11.7 Å².